The lowest BCUT2D eigenvalue weighted by Gasteiger charge is -2.15. The van der Waals surface area contributed by atoms with Gasteiger partial charge in [0.15, 0.2) is 5.75 Å². The van der Waals surface area contributed by atoms with E-state index in [1.54, 1.807) is 0 Å². The monoisotopic (exact) mass is 402 g/mol. The standard InChI is InChI=1S/C22H30N2O5/c1-4-5-6-7-8-9-13-23-19-15-17(24(27)28)10-11-18(19)21(20(25)22(23)26)29-14-12-16(2)3/h10-12,15,25H,4-9,13-14H2,1-3H3. The molecule has 2 rings (SSSR count). The van der Waals surface area contributed by atoms with Gasteiger partial charge in [-0.1, -0.05) is 44.6 Å². The first-order chi connectivity index (χ1) is 13.9. The molecule has 29 heavy (non-hydrogen) atoms. The van der Waals surface area contributed by atoms with Crippen molar-refractivity contribution in [2.75, 3.05) is 6.61 Å². The van der Waals surface area contributed by atoms with Crippen LogP contribution in [0.4, 0.5) is 5.69 Å². The molecule has 158 valence electrons. The van der Waals surface area contributed by atoms with E-state index in [4.69, 9.17) is 4.74 Å². The molecule has 0 unspecified atom stereocenters. The lowest BCUT2D eigenvalue weighted by Crippen LogP contribution is -2.21. The van der Waals surface area contributed by atoms with Gasteiger partial charge in [-0.2, -0.15) is 0 Å². The molecule has 0 amide bonds. The normalized spacial score (nSPS) is 10.9. The maximum Gasteiger partial charge on any atom is 0.297 e. The Balaban J connectivity index is 2.42. The van der Waals surface area contributed by atoms with Crippen molar-refractivity contribution in [1.82, 2.24) is 4.57 Å². The molecule has 0 saturated carbocycles. The summed E-state index contributed by atoms with van der Waals surface area (Å²) in [7, 11) is 0. The largest absolute Gasteiger partial charge is 0.500 e. The maximum atomic E-state index is 12.8. The van der Waals surface area contributed by atoms with Crippen LogP contribution in [-0.2, 0) is 6.54 Å². The van der Waals surface area contributed by atoms with Crippen molar-refractivity contribution >= 4 is 16.6 Å². The average Bonchev–Trinajstić information content (AvgIpc) is 2.68. The highest BCUT2D eigenvalue weighted by Crippen LogP contribution is 2.34. The van der Waals surface area contributed by atoms with Crippen molar-refractivity contribution in [3.05, 3.63) is 50.3 Å². The number of allylic oxidation sites excluding steroid dienone is 1. The SMILES string of the molecule is CCCCCCCCn1c(=O)c(O)c(OCC=C(C)C)c2ccc([N+](=O)[O-])cc21. The zero-order valence-corrected chi connectivity index (χ0v) is 17.4. The van der Waals surface area contributed by atoms with E-state index in [9.17, 15) is 20.0 Å². The summed E-state index contributed by atoms with van der Waals surface area (Å²) in [5.41, 5.74) is 0.761. The molecule has 0 spiro atoms. The van der Waals surface area contributed by atoms with Crippen LogP contribution in [0.25, 0.3) is 10.9 Å². The number of aryl methyl sites for hydroxylation is 1. The predicted octanol–water partition coefficient (Wildman–Crippen LogP) is 5.32. The van der Waals surface area contributed by atoms with Gasteiger partial charge in [0.2, 0.25) is 5.75 Å². The lowest BCUT2D eigenvalue weighted by atomic mass is 10.1. The van der Waals surface area contributed by atoms with Gasteiger partial charge in [-0.05, 0) is 32.4 Å². The Morgan fingerprint density at radius 1 is 1.21 bits per heavy atom. The molecule has 0 fully saturated rings. The summed E-state index contributed by atoms with van der Waals surface area (Å²) in [5, 5.41) is 22.2. The second-order valence-electron chi connectivity index (χ2n) is 7.45. The highest BCUT2D eigenvalue weighted by molar-refractivity contribution is 5.89. The highest BCUT2D eigenvalue weighted by atomic mass is 16.6. The molecular weight excluding hydrogens is 372 g/mol. The Bertz CT molecular complexity index is 942. The van der Waals surface area contributed by atoms with Crippen LogP contribution in [-0.4, -0.2) is 21.2 Å². The van der Waals surface area contributed by atoms with Gasteiger partial charge in [-0.25, -0.2) is 0 Å². The molecule has 0 aliphatic carbocycles. The maximum absolute atomic E-state index is 12.8. The molecule has 1 heterocycles. The zero-order chi connectivity index (χ0) is 21.4. The number of hydrogen-bond donors (Lipinski definition) is 1. The smallest absolute Gasteiger partial charge is 0.297 e. The quantitative estimate of drug-likeness (QED) is 0.237. The summed E-state index contributed by atoms with van der Waals surface area (Å²) in [6, 6.07) is 4.26. The van der Waals surface area contributed by atoms with Crippen molar-refractivity contribution in [3.63, 3.8) is 0 Å². The van der Waals surface area contributed by atoms with Crippen LogP contribution in [0, 0.1) is 10.1 Å². The van der Waals surface area contributed by atoms with E-state index >= 15 is 0 Å². The summed E-state index contributed by atoms with van der Waals surface area (Å²) in [4.78, 5) is 23.5. The van der Waals surface area contributed by atoms with E-state index in [0.717, 1.165) is 37.7 Å². The summed E-state index contributed by atoms with van der Waals surface area (Å²) >= 11 is 0. The first-order valence-corrected chi connectivity index (χ1v) is 10.2. The van der Waals surface area contributed by atoms with E-state index in [1.807, 2.05) is 19.9 Å². The third-order valence-corrected chi connectivity index (χ3v) is 4.84. The molecule has 0 saturated heterocycles. The van der Waals surface area contributed by atoms with Crippen LogP contribution in [0.3, 0.4) is 0 Å². The third kappa shape index (κ3) is 5.82. The number of benzene rings is 1. The molecule has 0 aliphatic heterocycles. The number of nitro groups is 1. The zero-order valence-electron chi connectivity index (χ0n) is 17.4. The Kier molecular flexibility index (Phi) is 8.24. The molecule has 0 aliphatic rings. The number of unbranched alkanes of at least 4 members (excludes halogenated alkanes) is 5. The van der Waals surface area contributed by atoms with Gasteiger partial charge in [0.1, 0.15) is 6.61 Å². The van der Waals surface area contributed by atoms with Crippen molar-refractivity contribution in [1.29, 1.82) is 0 Å². The number of nitrogens with zero attached hydrogens (tertiary/aromatic N) is 2. The number of ether oxygens (including phenoxy) is 1. The van der Waals surface area contributed by atoms with E-state index in [0.29, 0.717) is 17.4 Å². The molecule has 0 atom stereocenters. The summed E-state index contributed by atoms with van der Waals surface area (Å²) in [6.45, 7) is 6.59. The van der Waals surface area contributed by atoms with Gasteiger partial charge in [0.25, 0.3) is 11.2 Å². The predicted molar refractivity (Wildman–Crippen MR) is 115 cm³/mol. The van der Waals surface area contributed by atoms with Gasteiger partial charge in [-0.15, -0.1) is 0 Å². The number of nitro benzene ring substituents is 1. The minimum Gasteiger partial charge on any atom is -0.500 e. The minimum absolute atomic E-state index is 0.0663. The molecular formula is C22H30N2O5. The summed E-state index contributed by atoms with van der Waals surface area (Å²) < 4.78 is 7.08. The molecule has 7 nitrogen and oxygen atoms in total. The molecule has 7 heteroatoms. The van der Waals surface area contributed by atoms with Gasteiger partial charge in [0.05, 0.1) is 10.4 Å². The topological polar surface area (TPSA) is 94.6 Å². The van der Waals surface area contributed by atoms with Crippen LogP contribution < -0.4 is 10.3 Å². The van der Waals surface area contributed by atoms with E-state index in [-0.39, 0.29) is 18.0 Å². The molecule has 2 aromatic rings. The fourth-order valence-electron chi connectivity index (χ4n) is 3.22. The first kappa shape index (κ1) is 22.5. The van der Waals surface area contributed by atoms with E-state index in [2.05, 4.69) is 6.92 Å². The number of aromatic nitrogens is 1. The van der Waals surface area contributed by atoms with Gasteiger partial charge in [0, 0.05) is 24.1 Å². The van der Waals surface area contributed by atoms with Gasteiger partial charge >= 0.3 is 0 Å². The molecule has 1 aromatic carbocycles. The third-order valence-electron chi connectivity index (χ3n) is 4.84. The number of pyridine rings is 1. The van der Waals surface area contributed by atoms with Crippen molar-refractivity contribution < 1.29 is 14.8 Å². The van der Waals surface area contributed by atoms with Crippen LogP contribution >= 0.6 is 0 Å². The number of rotatable bonds is 11. The molecule has 1 aromatic heterocycles. The second kappa shape index (κ2) is 10.6. The van der Waals surface area contributed by atoms with Crippen molar-refractivity contribution in [3.8, 4) is 11.5 Å². The lowest BCUT2D eigenvalue weighted by molar-refractivity contribution is -0.384. The van der Waals surface area contributed by atoms with Gasteiger partial charge < -0.3 is 14.4 Å². The summed E-state index contributed by atoms with van der Waals surface area (Å²) in [5.74, 6) is -0.393. The Hall–Kier alpha value is -2.83. The average molecular weight is 402 g/mol. The molecule has 0 radical (unpaired) electrons. The number of hydrogen-bond acceptors (Lipinski definition) is 5. The Morgan fingerprint density at radius 3 is 2.55 bits per heavy atom. The Labute approximate surface area is 170 Å². The van der Waals surface area contributed by atoms with Crippen LogP contribution in [0.5, 0.6) is 11.5 Å². The van der Waals surface area contributed by atoms with Crippen LogP contribution in [0.2, 0.25) is 0 Å². The van der Waals surface area contributed by atoms with Crippen LogP contribution in [0.1, 0.15) is 59.3 Å². The number of fused-ring (bicyclic) bond motifs is 1. The summed E-state index contributed by atoms with van der Waals surface area (Å²) in [6.07, 6.45) is 8.14. The van der Waals surface area contributed by atoms with E-state index < -0.39 is 16.2 Å². The van der Waals surface area contributed by atoms with Crippen molar-refractivity contribution in [2.45, 2.75) is 65.8 Å². The fourth-order valence-corrected chi connectivity index (χ4v) is 3.22. The fraction of sp³-hybridized carbons (Fsp3) is 0.500. The number of non-ortho nitro benzene ring substituents is 1. The van der Waals surface area contributed by atoms with E-state index in [1.165, 1.54) is 29.2 Å². The van der Waals surface area contributed by atoms with Crippen molar-refractivity contribution in [2.24, 2.45) is 0 Å². The Morgan fingerprint density at radius 2 is 1.90 bits per heavy atom. The highest BCUT2D eigenvalue weighted by Gasteiger charge is 2.19. The molecule has 0 bridgehead atoms. The number of aromatic hydroxyl groups is 1. The second-order valence-corrected chi connectivity index (χ2v) is 7.45. The first-order valence-electron chi connectivity index (χ1n) is 10.2. The van der Waals surface area contributed by atoms with Crippen LogP contribution in [0.15, 0.2) is 34.6 Å². The van der Waals surface area contributed by atoms with Gasteiger partial charge in [-0.3, -0.25) is 14.9 Å². The minimum atomic E-state index is -0.584. The molecule has 1 N–H and O–H groups in total.